The van der Waals surface area contributed by atoms with Gasteiger partial charge in [0.2, 0.25) is 0 Å². The maximum Gasteiger partial charge on any atom is 0.416 e. The molecule has 4 aromatic carbocycles. The van der Waals surface area contributed by atoms with Crippen LogP contribution in [0, 0.1) is 0 Å². The molecule has 1 N–H and O–H groups in total. The van der Waals surface area contributed by atoms with Crippen LogP contribution in [0.5, 0.6) is 0 Å². The van der Waals surface area contributed by atoms with E-state index in [9.17, 15) is 18.0 Å². The highest BCUT2D eigenvalue weighted by Crippen LogP contribution is 2.36. The number of nitrogens with one attached hydrogen (secondary N) is 1. The Hall–Kier alpha value is -3.97. The summed E-state index contributed by atoms with van der Waals surface area (Å²) in [7, 11) is 0. The number of carbonyl (C=O) groups is 1. The number of nitrogens with zero attached hydrogens (tertiary/aromatic N) is 1. The molecule has 0 aliphatic carbocycles. The first-order valence-corrected chi connectivity index (χ1v) is 11.6. The molecule has 0 aliphatic heterocycles. The number of benzene rings is 4. The first-order valence-electron chi connectivity index (χ1n) is 10.8. The predicted molar refractivity (Wildman–Crippen MR) is 133 cm³/mol. The average Bonchev–Trinajstić information content (AvgIpc) is 3.21. The van der Waals surface area contributed by atoms with E-state index in [-0.39, 0.29) is 5.56 Å². The van der Waals surface area contributed by atoms with E-state index in [4.69, 9.17) is 0 Å². The summed E-state index contributed by atoms with van der Waals surface area (Å²) < 4.78 is 40.7. The summed E-state index contributed by atoms with van der Waals surface area (Å²) >= 11 is 1.55. The molecule has 0 aliphatic rings. The summed E-state index contributed by atoms with van der Waals surface area (Å²) in [6.45, 7) is 0. The number of carbonyl (C=O) groups excluding carboxylic acids is 1. The lowest BCUT2D eigenvalue weighted by atomic mass is 10.1. The molecule has 3 nitrogen and oxygen atoms in total. The maximum atomic E-state index is 13.1. The first-order chi connectivity index (χ1) is 16.9. The minimum atomic E-state index is -4.52. The topological polar surface area (TPSA) is 34.0 Å². The zero-order chi connectivity index (χ0) is 24.4. The lowest BCUT2D eigenvalue weighted by molar-refractivity contribution is -0.137. The Kier molecular flexibility index (Phi) is 6.09. The highest BCUT2D eigenvalue weighted by Gasteiger charge is 2.31. The Morgan fingerprint density at radius 1 is 0.771 bits per heavy atom. The predicted octanol–water partition coefficient (Wildman–Crippen LogP) is 7.86. The number of fused-ring (bicyclic) bond motifs is 1. The van der Waals surface area contributed by atoms with Gasteiger partial charge in [0.25, 0.3) is 5.91 Å². The standard InChI is InChI=1S/C28H19F3N2OS/c29-28(30,31)22-10-6-9-21(17-22)27(34)32-33-18-26(24-11-4-5-12-25(24)33)35-23-15-13-20(14-16-23)19-7-2-1-3-8-19/h1-18H,(H,32,34). The number of para-hydroxylation sites is 1. The number of alkyl halides is 3. The third-order valence-corrected chi connectivity index (χ3v) is 6.59. The van der Waals surface area contributed by atoms with Crippen LogP contribution in [-0.2, 0) is 6.18 Å². The molecule has 174 valence electrons. The number of amides is 1. The van der Waals surface area contributed by atoms with Gasteiger partial charge in [-0.05, 0) is 47.5 Å². The van der Waals surface area contributed by atoms with Gasteiger partial charge >= 0.3 is 6.18 Å². The molecule has 0 fully saturated rings. The largest absolute Gasteiger partial charge is 0.416 e. The quantitative estimate of drug-likeness (QED) is 0.273. The minimum Gasteiger partial charge on any atom is -0.267 e. The van der Waals surface area contributed by atoms with Crippen LogP contribution in [0.3, 0.4) is 0 Å². The normalized spacial score (nSPS) is 11.5. The van der Waals surface area contributed by atoms with Crippen LogP contribution in [0.15, 0.2) is 119 Å². The molecule has 5 aromatic rings. The number of halogens is 3. The highest BCUT2D eigenvalue weighted by molar-refractivity contribution is 7.99. The van der Waals surface area contributed by atoms with E-state index < -0.39 is 17.6 Å². The number of aromatic nitrogens is 1. The Balaban J connectivity index is 1.41. The van der Waals surface area contributed by atoms with Crippen molar-refractivity contribution < 1.29 is 18.0 Å². The van der Waals surface area contributed by atoms with E-state index in [0.717, 1.165) is 44.0 Å². The third-order valence-electron chi connectivity index (χ3n) is 5.54. The molecule has 7 heteroatoms. The van der Waals surface area contributed by atoms with Crippen molar-refractivity contribution in [3.8, 4) is 11.1 Å². The Morgan fingerprint density at radius 3 is 2.20 bits per heavy atom. The number of hydrogen-bond donors (Lipinski definition) is 1. The fourth-order valence-corrected chi connectivity index (χ4v) is 4.77. The Labute approximate surface area is 204 Å². The fourth-order valence-electron chi connectivity index (χ4n) is 3.81. The van der Waals surface area contributed by atoms with Gasteiger partial charge in [-0.2, -0.15) is 13.2 Å². The second-order valence-corrected chi connectivity index (χ2v) is 9.01. The molecule has 0 spiro atoms. The molecule has 0 unspecified atom stereocenters. The van der Waals surface area contributed by atoms with Crippen LogP contribution in [0.25, 0.3) is 22.0 Å². The lowest BCUT2D eigenvalue weighted by Gasteiger charge is -2.10. The summed E-state index contributed by atoms with van der Waals surface area (Å²) in [4.78, 5) is 14.7. The molecule has 35 heavy (non-hydrogen) atoms. The van der Waals surface area contributed by atoms with Crippen LogP contribution in [0.1, 0.15) is 15.9 Å². The molecule has 0 radical (unpaired) electrons. The van der Waals surface area contributed by atoms with E-state index in [2.05, 4.69) is 29.7 Å². The molecule has 1 heterocycles. The Bertz CT molecular complexity index is 1490. The van der Waals surface area contributed by atoms with Crippen LogP contribution >= 0.6 is 11.8 Å². The van der Waals surface area contributed by atoms with Gasteiger partial charge in [-0.1, -0.05) is 78.5 Å². The summed E-state index contributed by atoms with van der Waals surface area (Å²) in [6.07, 6.45) is -2.73. The monoisotopic (exact) mass is 488 g/mol. The van der Waals surface area contributed by atoms with Gasteiger partial charge in [-0.3, -0.25) is 14.9 Å². The first kappa shape index (κ1) is 22.8. The van der Waals surface area contributed by atoms with Crippen molar-refractivity contribution in [3.05, 3.63) is 120 Å². The summed E-state index contributed by atoms with van der Waals surface area (Å²) in [5, 5.41) is 0.925. The van der Waals surface area contributed by atoms with Crippen molar-refractivity contribution >= 4 is 28.6 Å². The summed E-state index contributed by atoms with van der Waals surface area (Å²) in [6, 6.07) is 30.2. The van der Waals surface area contributed by atoms with Crippen molar-refractivity contribution in [1.29, 1.82) is 0 Å². The highest BCUT2D eigenvalue weighted by atomic mass is 32.2. The van der Waals surface area contributed by atoms with Gasteiger partial charge in [-0.25, -0.2) is 0 Å². The van der Waals surface area contributed by atoms with Gasteiger partial charge in [0.1, 0.15) is 0 Å². The zero-order valence-electron chi connectivity index (χ0n) is 18.3. The maximum absolute atomic E-state index is 13.1. The molecule has 0 atom stereocenters. The third kappa shape index (κ3) is 4.95. The fraction of sp³-hybridized carbons (Fsp3) is 0.0357. The van der Waals surface area contributed by atoms with Crippen LogP contribution in [-0.4, -0.2) is 10.6 Å². The van der Waals surface area contributed by atoms with Crippen molar-refractivity contribution in [1.82, 2.24) is 4.68 Å². The van der Waals surface area contributed by atoms with E-state index in [0.29, 0.717) is 0 Å². The van der Waals surface area contributed by atoms with Gasteiger partial charge < -0.3 is 0 Å². The van der Waals surface area contributed by atoms with Crippen molar-refractivity contribution in [2.75, 3.05) is 5.43 Å². The van der Waals surface area contributed by atoms with E-state index in [1.54, 1.807) is 22.6 Å². The number of rotatable bonds is 5. The molecular weight excluding hydrogens is 469 g/mol. The number of hydrogen-bond acceptors (Lipinski definition) is 2. The van der Waals surface area contributed by atoms with Gasteiger partial charge in [-0.15, -0.1) is 0 Å². The molecule has 1 amide bonds. The van der Waals surface area contributed by atoms with Crippen LogP contribution in [0.2, 0.25) is 0 Å². The van der Waals surface area contributed by atoms with Crippen molar-refractivity contribution in [3.63, 3.8) is 0 Å². The SMILES string of the molecule is O=C(Nn1cc(Sc2ccc(-c3ccccc3)cc2)c2ccccc21)c1cccc(C(F)(F)F)c1. The van der Waals surface area contributed by atoms with Gasteiger partial charge in [0.15, 0.2) is 0 Å². The van der Waals surface area contributed by atoms with Gasteiger partial charge in [0.05, 0.1) is 11.1 Å². The Morgan fingerprint density at radius 2 is 1.46 bits per heavy atom. The summed E-state index contributed by atoms with van der Waals surface area (Å²) in [5.74, 6) is -0.624. The van der Waals surface area contributed by atoms with E-state index in [1.165, 1.54) is 12.1 Å². The molecule has 0 saturated heterocycles. The van der Waals surface area contributed by atoms with Crippen molar-refractivity contribution in [2.24, 2.45) is 0 Å². The van der Waals surface area contributed by atoms with Crippen LogP contribution in [0.4, 0.5) is 13.2 Å². The molecule has 0 bridgehead atoms. The smallest absolute Gasteiger partial charge is 0.267 e. The molecule has 1 aromatic heterocycles. The average molecular weight is 489 g/mol. The molecular formula is C28H19F3N2OS. The minimum absolute atomic E-state index is 0.0664. The summed E-state index contributed by atoms with van der Waals surface area (Å²) in [5.41, 5.74) is 4.78. The van der Waals surface area contributed by atoms with Gasteiger partial charge in [0, 0.05) is 26.9 Å². The molecule has 5 rings (SSSR count). The second kappa shape index (κ2) is 9.35. The van der Waals surface area contributed by atoms with E-state index >= 15 is 0 Å². The lowest BCUT2D eigenvalue weighted by Crippen LogP contribution is -2.22. The van der Waals surface area contributed by atoms with Crippen LogP contribution < -0.4 is 5.43 Å². The van der Waals surface area contributed by atoms with E-state index in [1.807, 2.05) is 54.6 Å². The second-order valence-electron chi connectivity index (χ2n) is 7.89. The van der Waals surface area contributed by atoms with Crippen molar-refractivity contribution in [2.45, 2.75) is 16.0 Å². The zero-order valence-corrected chi connectivity index (χ0v) is 19.1. The molecule has 0 saturated carbocycles.